The fraction of sp³-hybridized carbons (Fsp3) is 0.500. The maximum atomic E-state index is 12.0. The number of nitrogens with one attached hydrogen (secondary N) is 1. The third kappa shape index (κ3) is 3.81. The number of hydrogen-bond acceptors (Lipinski definition) is 5. The van der Waals surface area contributed by atoms with Crippen LogP contribution in [0.4, 0.5) is 5.69 Å². The Labute approximate surface area is 124 Å². The van der Waals surface area contributed by atoms with Crippen LogP contribution in [0.15, 0.2) is 29.2 Å². The minimum atomic E-state index is -3.22. The summed E-state index contributed by atoms with van der Waals surface area (Å²) in [7, 11) is -3.22. The number of carbonyl (C=O) groups is 1. The third-order valence-corrected chi connectivity index (χ3v) is 5.27. The lowest BCUT2D eigenvalue weighted by Gasteiger charge is -2.13. The highest BCUT2D eigenvalue weighted by atomic mass is 32.2. The van der Waals surface area contributed by atoms with E-state index in [2.05, 4.69) is 5.32 Å². The molecule has 1 saturated heterocycles. The largest absolute Gasteiger partial charge is 0.364 e. The molecule has 1 aliphatic heterocycles. The maximum absolute atomic E-state index is 12.0. The molecule has 0 aliphatic carbocycles. The Hall–Kier alpha value is -1.44. The van der Waals surface area contributed by atoms with Crippen molar-refractivity contribution in [2.45, 2.75) is 36.9 Å². The standard InChI is InChI=1S/C14H20N2O4S/c1-2-21(18,19)12-6-3-10(4-7-12)16-14(17)13-8-5-11(9-15)20-13/h3-4,6-7,11,13H,2,5,8-9,15H2,1H3,(H,16,17). The van der Waals surface area contributed by atoms with Gasteiger partial charge >= 0.3 is 0 Å². The van der Waals surface area contributed by atoms with Crippen LogP contribution in [-0.4, -0.2) is 38.8 Å². The second-order valence-corrected chi connectivity index (χ2v) is 7.26. The molecule has 1 fully saturated rings. The van der Waals surface area contributed by atoms with E-state index in [9.17, 15) is 13.2 Å². The van der Waals surface area contributed by atoms with Crippen molar-refractivity contribution < 1.29 is 17.9 Å². The Morgan fingerprint density at radius 1 is 1.33 bits per heavy atom. The number of amides is 1. The molecular formula is C14H20N2O4S. The van der Waals surface area contributed by atoms with Crippen LogP contribution in [0.25, 0.3) is 0 Å². The molecule has 0 radical (unpaired) electrons. The van der Waals surface area contributed by atoms with Gasteiger partial charge in [0.1, 0.15) is 6.10 Å². The van der Waals surface area contributed by atoms with Crippen LogP contribution >= 0.6 is 0 Å². The molecule has 2 atom stereocenters. The molecule has 0 spiro atoms. The Morgan fingerprint density at radius 2 is 2.00 bits per heavy atom. The van der Waals surface area contributed by atoms with E-state index in [0.29, 0.717) is 18.7 Å². The summed E-state index contributed by atoms with van der Waals surface area (Å²) in [6.45, 7) is 2.00. The normalized spacial score (nSPS) is 22.2. The average Bonchev–Trinajstić information content (AvgIpc) is 2.97. The van der Waals surface area contributed by atoms with E-state index in [1.807, 2.05) is 0 Å². The summed E-state index contributed by atoms with van der Waals surface area (Å²) in [6, 6.07) is 6.14. The zero-order valence-electron chi connectivity index (χ0n) is 11.9. The van der Waals surface area contributed by atoms with Gasteiger partial charge in [-0.3, -0.25) is 4.79 Å². The van der Waals surface area contributed by atoms with E-state index < -0.39 is 15.9 Å². The van der Waals surface area contributed by atoms with Crippen LogP contribution in [0.5, 0.6) is 0 Å². The van der Waals surface area contributed by atoms with Gasteiger partial charge in [-0.05, 0) is 37.1 Å². The molecule has 0 aromatic heterocycles. The lowest BCUT2D eigenvalue weighted by Crippen LogP contribution is -2.29. The Kier molecular flexibility index (Phi) is 4.97. The van der Waals surface area contributed by atoms with Crippen molar-refractivity contribution in [1.29, 1.82) is 0 Å². The first kappa shape index (κ1) is 15.9. The first-order chi connectivity index (χ1) is 9.96. The second-order valence-electron chi connectivity index (χ2n) is 4.98. The van der Waals surface area contributed by atoms with E-state index in [4.69, 9.17) is 10.5 Å². The van der Waals surface area contributed by atoms with Gasteiger partial charge in [-0.2, -0.15) is 0 Å². The van der Waals surface area contributed by atoms with Crippen LogP contribution in [0.1, 0.15) is 19.8 Å². The number of ether oxygens (including phenoxy) is 1. The SMILES string of the molecule is CCS(=O)(=O)c1ccc(NC(=O)C2CCC(CN)O2)cc1. The van der Waals surface area contributed by atoms with Gasteiger partial charge in [0, 0.05) is 12.2 Å². The molecule has 116 valence electrons. The third-order valence-electron chi connectivity index (χ3n) is 3.52. The van der Waals surface area contributed by atoms with Crippen molar-refractivity contribution in [2.24, 2.45) is 5.73 Å². The van der Waals surface area contributed by atoms with E-state index in [0.717, 1.165) is 6.42 Å². The number of benzene rings is 1. The van der Waals surface area contributed by atoms with Gasteiger partial charge in [0.25, 0.3) is 5.91 Å². The molecule has 3 N–H and O–H groups in total. The molecule has 0 bridgehead atoms. The predicted molar refractivity (Wildman–Crippen MR) is 79.7 cm³/mol. The fourth-order valence-corrected chi connectivity index (χ4v) is 3.09. The van der Waals surface area contributed by atoms with Crippen LogP contribution < -0.4 is 11.1 Å². The highest BCUT2D eigenvalue weighted by Crippen LogP contribution is 2.21. The Balaban J connectivity index is 1.99. The highest BCUT2D eigenvalue weighted by molar-refractivity contribution is 7.91. The fourth-order valence-electron chi connectivity index (χ4n) is 2.21. The Bertz CT molecular complexity index is 598. The highest BCUT2D eigenvalue weighted by Gasteiger charge is 2.29. The molecule has 1 heterocycles. The predicted octanol–water partition coefficient (Wildman–Crippen LogP) is 0.925. The van der Waals surface area contributed by atoms with Crippen molar-refractivity contribution in [1.82, 2.24) is 0 Å². The van der Waals surface area contributed by atoms with Gasteiger partial charge in [-0.15, -0.1) is 0 Å². The molecule has 6 nitrogen and oxygen atoms in total. The molecule has 1 amide bonds. The molecule has 1 aromatic rings. The molecular weight excluding hydrogens is 292 g/mol. The minimum absolute atomic E-state index is 0.0507. The Morgan fingerprint density at radius 3 is 2.52 bits per heavy atom. The quantitative estimate of drug-likeness (QED) is 0.842. The van der Waals surface area contributed by atoms with Gasteiger partial charge in [0.2, 0.25) is 0 Å². The molecule has 21 heavy (non-hydrogen) atoms. The minimum Gasteiger partial charge on any atom is -0.364 e. The van der Waals surface area contributed by atoms with Crippen LogP contribution in [0, 0.1) is 0 Å². The zero-order valence-corrected chi connectivity index (χ0v) is 12.7. The summed E-state index contributed by atoms with van der Waals surface area (Å²) in [4.78, 5) is 12.3. The van der Waals surface area contributed by atoms with Crippen molar-refractivity contribution >= 4 is 21.4 Å². The monoisotopic (exact) mass is 312 g/mol. The number of sulfone groups is 1. The van der Waals surface area contributed by atoms with Crippen molar-refractivity contribution in [3.05, 3.63) is 24.3 Å². The van der Waals surface area contributed by atoms with Gasteiger partial charge < -0.3 is 15.8 Å². The number of anilines is 1. The van der Waals surface area contributed by atoms with E-state index in [1.165, 1.54) is 12.1 Å². The van der Waals surface area contributed by atoms with Gasteiger partial charge in [-0.1, -0.05) is 6.92 Å². The van der Waals surface area contributed by atoms with Crippen LogP contribution in [-0.2, 0) is 19.4 Å². The maximum Gasteiger partial charge on any atom is 0.253 e. The molecule has 2 rings (SSSR count). The number of hydrogen-bond donors (Lipinski definition) is 2. The molecule has 2 unspecified atom stereocenters. The summed E-state index contributed by atoms with van der Waals surface area (Å²) >= 11 is 0. The van der Waals surface area contributed by atoms with Crippen LogP contribution in [0.2, 0.25) is 0 Å². The van der Waals surface area contributed by atoms with Crippen molar-refractivity contribution in [3.63, 3.8) is 0 Å². The number of carbonyl (C=O) groups excluding carboxylic acids is 1. The smallest absolute Gasteiger partial charge is 0.253 e. The van der Waals surface area contributed by atoms with Crippen LogP contribution in [0.3, 0.4) is 0 Å². The molecule has 1 aliphatic rings. The summed E-state index contributed by atoms with van der Waals surface area (Å²) < 4.78 is 28.9. The molecule has 1 aromatic carbocycles. The summed E-state index contributed by atoms with van der Waals surface area (Å²) in [5, 5.41) is 2.73. The van der Waals surface area contributed by atoms with Crippen molar-refractivity contribution in [2.75, 3.05) is 17.6 Å². The second kappa shape index (κ2) is 6.55. The number of rotatable bonds is 5. The average molecular weight is 312 g/mol. The van der Waals surface area contributed by atoms with Crippen molar-refractivity contribution in [3.8, 4) is 0 Å². The number of nitrogens with two attached hydrogens (primary N) is 1. The molecule has 7 heteroatoms. The first-order valence-corrected chi connectivity index (χ1v) is 8.60. The molecule has 0 saturated carbocycles. The lowest BCUT2D eigenvalue weighted by atomic mass is 10.2. The zero-order chi connectivity index (χ0) is 15.5. The topological polar surface area (TPSA) is 98.5 Å². The van der Waals surface area contributed by atoms with Gasteiger partial charge in [0.15, 0.2) is 9.84 Å². The van der Waals surface area contributed by atoms with Gasteiger partial charge in [0.05, 0.1) is 16.8 Å². The van der Waals surface area contributed by atoms with E-state index in [1.54, 1.807) is 19.1 Å². The lowest BCUT2D eigenvalue weighted by molar-refractivity contribution is -0.126. The summed E-state index contributed by atoms with van der Waals surface area (Å²) in [5.74, 6) is -0.174. The van der Waals surface area contributed by atoms with E-state index >= 15 is 0 Å². The summed E-state index contributed by atoms with van der Waals surface area (Å²) in [6.07, 6.45) is 0.883. The van der Waals surface area contributed by atoms with Gasteiger partial charge in [-0.25, -0.2) is 8.42 Å². The summed E-state index contributed by atoms with van der Waals surface area (Å²) in [5.41, 5.74) is 6.06. The van der Waals surface area contributed by atoms with E-state index in [-0.39, 0.29) is 22.7 Å². The first-order valence-electron chi connectivity index (χ1n) is 6.95.